The summed E-state index contributed by atoms with van der Waals surface area (Å²) < 4.78 is 11.4. The number of aliphatic hydroxyl groups is 1. The van der Waals surface area contributed by atoms with Gasteiger partial charge in [-0.05, 0) is 18.9 Å². The Labute approximate surface area is 97.5 Å². The summed E-state index contributed by atoms with van der Waals surface area (Å²) in [6.07, 6.45) is 1.82. The number of aliphatic hydroxyl groups excluding tert-OH is 1. The van der Waals surface area contributed by atoms with Gasteiger partial charge in [0.15, 0.2) is 5.79 Å². The van der Waals surface area contributed by atoms with Crippen molar-refractivity contribution < 1.29 is 14.6 Å². The lowest BCUT2D eigenvalue weighted by Crippen LogP contribution is -2.51. The molecule has 2 rings (SSSR count). The van der Waals surface area contributed by atoms with Gasteiger partial charge in [-0.25, -0.2) is 0 Å². The third-order valence-electron chi connectivity index (χ3n) is 3.52. The third kappa shape index (κ3) is 2.74. The first-order valence-electron chi connectivity index (χ1n) is 6.30. The van der Waals surface area contributed by atoms with Gasteiger partial charge in [-0.15, -0.1) is 0 Å². The highest BCUT2D eigenvalue weighted by atomic mass is 16.7. The molecule has 0 radical (unpaired) electrons. The Balaban J connectivity index is 1.87. The normalized spacial score (nSPS) is 27.8. The molecule has 2 saturated heterocycles. The average Bonchev–Trinajstić information content (AvgIpc) is 2.66. The predicted octanol–water partition coefficient (Wildman–Crippen LogP) is 0.842. The Morgan fingerprint density at radius 2 is 2.00 bits per heavy atom. The number of β-amino-alcohol motifs (C(OH)–C–C–N with tert-alkyl or cyclic N) is 1. The van der Waals surface area contributed by atoms with Gasteiger partial charge >= 0.3 is 0 Å². The molecule has 2 heterocycles. The summed E-state index contributed by atoms with van der Waals surface area (Å²) in [5.41, 5.74) is 0. The van der Waals surface area contributed by atoms with Gasteiger partial charge in [0.1, 0.15) is 0 Å². The van der Waals surface area contributed by atoms with Crippen LogP contribution in [0.25, 0.3) is 0 Å². The summed E-state index contributed by atoms with van der Waals surface area (Å²) in [5.74, 6) is -0.0575. The van der Waals surface area contributed by atoms with E-state index in [1.807, 2.05) is 13.8 Å². The molecule has 0 aromatic rings. The minimum atomic E-state index is -0.366. The highest BCUT2D eigenvalue weighted by Gasteiger charge is 2.40. The Morgan fingerprint density at radius 3 is 2.62 bits per heavy atom. The van der Waals surface area contributed by atoms with E-state index in [2.05, 4.69) is 4.90 Å². The van der Waals surface area contributed by atoms with E-state index in [-0.39, 0.29) is 11.9 Å². The lowest BCUT2D eigenvalue weighted by molar-refractivity contribution is -0.191. The van der Waals surface area contributed by atoms with Gasteiger partial charge in [0.25, 0.3) is 0 Å². The highest BCUT2D eigenvalue weighted by Crippen LogP contribution is 2.30. The topological polar surface area (TPSA) is 41.9 Å². The Morgan fingerprint density at radius 1 is 1.31 bits per heavy atom. The van der Waals surface area contributed by atoms with Crippen molar-refractivity contribution in [2.24, 2.45) is 5.92 Å². The molecule has 0 aromatic carbocycles. The number of hydrogen-bond acceptors (Lipinski definition) is 4. The zero-order chi connectivity index (χ0) is 11.6. The van der Waals surface area contributed by atoms with E-state index in [0.717, 1.165) is 32.5 Å². The zero-order valence-corrected chi connectivity index (χ0v) is 10.3. The molecular weight excluding hydrogens is 206 g/mol. The van der Waals surface area contributed by atoms with E-state index in [4.69, 9.17) is 9.47 Å². The van der Waals surface area contributed by atoms with E-state index < -0.39 is 0 Å². The highest BCUT2D eigenvalue weighted by molar-refractivity contribution is 4.85. The maximum absolute atomic E-state index is 9.89. The summed E-state index contributed by atoms with van der Waals surface area (Å²) in [7, 11) is 0. The monoisotopic (exact) mass is 229 g/mol. The van der Waals surface area contributed by atoms with Crippen LogP contribution in [-0.4, -0.2) is 54.7 Å². The first-order chi connectivity index (χ1) is 7.61. The van der Waals surface area contributed by atoms with Gasteiger partial charge in [0.05, 0.1) is 25.9 Å². The van der Waals surface area contributed by atoms with E-state index in [0.29, 0.717) is 19.1 Å². The number of ether oxygens (including phenoxy) is 2. The van der Waals surface area contributed by atoms with Crippen LogP contribution in [0.15, 0.2) is 0 Å². The van der Waals surface area contributed by atoms with E-state index in [1.54, 1.807) is 0 Å². The standard InChI is InChI=1S/C12H23NO3/c1-10(2)11(14)8-13-5-3-4-12(9-13)15-6-7-16-12/h10-11,14H,3-9H2,1-2H3/t11-/m0/s1. The molecule has 0 saturated carbocycles. The molecule has 0 bridgehead atoms. The van der Waals surface area contributed by atoms with Crippen molar-refractivity contribution in [3.05, 3.63) is 0 Å². The van der Waals surface area contributed by atoms with Crippen LogP contribution in [-0.2, 0) is 9.47 Å². The molecule has 0 unspecified atom stereocenters. The summed E-state index contributed by atoms with van der Waals surface area (Å²) in [6, 6.07) is 0. The molecule has 2 aliphatic rings. The molecule has 0 amide bonds. The summed E-state index contributed by atoms with van der Waals surface area (Å²) in [6.45, 7) is 8.09. The van der Waals surface area contributed by atoms with Crippen LogP contribution in [0.1, 0.15) is 26.7 Å². The van der Waals surface area contributed by atoms with Crippen LogP contribution < -0.4 is 0 Å². The van der Waals surface area contributed by atoms with Crippen molar-refractivity contribution in [3.8, 4) is 0 Å². The van der Waals surface area contributed by atoms with E-state index in [1.165, 1.54) is 0 Å². The quantitative estimate of drug-likeness (QED) is 0.779. The Bertz CT molecular complexity index is 226. The fraction of sp³-hybridized carbons (Fsp3) is 1.00. The molecule has 1 spiro atoms. The third-order valence-corrected chi connectivity index (χ3v) is 3.52. The fourth-order valence-corrected chi connectivity index (χ4v) is 2.43. The van der Waals surface area contributed by atoms with Crippen molar-refractivity contribution in [1.29, 1.82) is 0 Å². The molecular formula is C12H23NO3. The minimum absolute atomic E-state index is 0.253. The van der Waals surface area contributed by atoms with Gasteiger partial charge in [0.2, 0.25) is 0 Å². The first-order valence-corrected chi connectivity index (χ1v) is 6.30. The summed E-state index contributed by atoms with van der Waals surface area (Å²) >= 11 is 0. The van der Waals surface area contributed by atoms with Crippen molar-refractivity contribution in [2.45, 2.75) is 38.6 Å². The maximum atomic E-state index is 9.89. The number of nitrogens with zero attached hydrogens (tertiary/aromatic N) is 1. The smallest absolute Gasteiger partial charge is 0.181 e. The molecule has 4 heteroatoms. The van der Waals surface area contributed by atoms with Gasteiger partial charge in [-0.3, -0.25) is 4.90 Å². The van der Waals surface area contributed by atoms with Crippen LogP contribution in [0.5, 0.6) is 0 Å². The molecule has 2 fully saturated rings. The van der Waals surface area contributed by atoms with Crippen molar-refractivity contribution in [2.75, 3.05) is 32.8 Å². The van der Waals surface area contributed by atoms with Crippen LogP contribution in [0.2, 0.25) is 0 Å². The number of piperidine rings is 1. The second-order valence-corrected chi connectivity index (χ2v) is 5.26. The van der Waals surface area contributed by atoms with E-state index in [9.17, 15) is 5.11 Å². The van der Waals surface area contributed by atoms with Gasteiger partial charge in [-0.2, -0.15) is 0 Å². The molecule has 1 atom stereocenters. The Kier molecular flexibility index (Phi) is 3.85. The van der Waals surface area contributed by atoms with Crippen molar-refractivity contribution >= 4 is 0 Å². The van der Waals surface area contributed by atoms with Gasteiger partial charge in [0, 0.05) is 13.0 Å². The summed E-state index contributed by atoms with van der Waals surface area (Å²) in [4.78, 5) is 2.26. The summed E-state index contributed by atoms with van der Waals surface area (Å²) in [5, 5.41) is 9.89. The number of hydrogen-bond donors (Lipinski definition) is 1. The van der Waals surface area contributed by atoms with Gasteiger partial charge in [-0.1, -0.05) is 13.8 Å². The number of rotatable bonds is 3. The van der Waals surface area contributed by atoms with Crippen molar-refractivity contribution in [3.63, 3.8) is 0 Å². The van der Waals surface area contributed by atoms with Gasteiger partial charge < -0.3 is 14.6 Å². The molecule has 0 aliphatic carbocycles. The molecule has 94 valence electrons. The first kappa shape index (κ1) is 12.3. The second-order valence-electron chi connectivity index (χ2n) is 5.26. The minimum Gasteiger partial charge on any atom is -0.392 e. The van der Waals surface area contributed by atoms with Crippen LogP contribution in [0.4, 0.5) is 0 Å². The SMILES string of the molecule is CC(C)[C@@H](O)CN1CCCC2(C1)OCCO2. The van der Waals surface area contributed by atoms with E-state index >= 15 is 0 Å². The lowest BCUT2D eigenvalue weighted by atomic mass is 10.0. The second kappa shape index (κ2) is 5.00. The lowest BCUT2D eigenvalue weighted by Gasteiger charge is -2.39. The fourth-order valence-electron chi connectivity index (χ4n) is 2.43. The zero-order valence-electron chi connectivity index (χ0n) is 10.3. The Hall–Kier alpha value is -0.160. The molecule has 4 nitrogen and oxygen atoms in total. The molecule has 16 heavy (non-hydrogen) atoms. The molecule has 2 aliphatic heterocycles. The van der Waals surface area contributed by atoms with Crippen molar-refractivity contribution in [1.82, 2.24) is 4.90 Å². The van der Waals surface area contributed by atoms with Crippen LogP contribution in [0.3, 0.4) is 0 Å². The maximum Gasteiger partial charge on any atom is 0.181 e. The average molecular weight is 229 g/mol. The molecule has 0 aromatic heterocycles. The molecule has 1 N–H and O–H groups in total. The number of likely N-dealkylation sites (tertiary alicyclic amines) is 1. The predicted molar refractivity (Wildman–Crippen MR) is 61.2 cm³/mol. The largest absolute Gasteiger partial charge is 0.392 e. The van der Waals surface area contributed by atoms with Crippen LogP contribution in [0, 0.1) is 5.92 Å². The van der Waals surface area contributed by atoms with Crippen LogP contribution >= 0.6 is 0 Å².